The first-order valence-corrected chi connectivity index (χ1v) is 10.2. The van der Waals surface area contributed by atoms with Crippen LogP contribution in [0.2, 0.25) is 0 Å². The van der Waals surface area contributed by atoms with Crippen molar-refractivity contribution in [3.63, 3.8) is 0 Å². The first kappa shape index (κ1) is 21.7. The van der Waals surface area contributed by atoms with E-state index >= 15 is 0 Å². The second-order valence-electron chi connectivity index (χ2n) is 8.01. The van der Waals surface area contributed by atoms with Crippen LogP contribution >= 0.6 is 0 Å². The van der Waals surface area contributed by atoms with Gasteiger partial charge in [-0.2, -0.15) is 5.10 Å². The minimum absolute atomic E-state index is 0.184. The SMILES string of the molecule is CC(=O)OC1([C@H]2CCCC[C@@H]2O)CCCOC1(CO)C(=O)NCc1ccnn1C. The third-order valence-electron chi connectivity index (χ3n) is 6.32. The Hall–Kier alpha value is -1.97. The molecule has 0 spiro atoms. The fraction of sp³-hybridized carbons (Fsp3) is 0.750. The number of ether oxygens (including phenoxy) is 2. The molecule has 9 heteroatoms. The first-order valence-electron chi connectivity index (χ1n) is 10.2. The monoisotopic (exact) mass is 409 g/mol. The summed E-state index contributed by atoms with van der Waals surface area (Å²) in [4.78, 5) is 25.5. The summed E-state index contributed by atoms with van der Waals surface area (Å²) in [5, 5.41) is 28.1. The molecule has 0 bridgehead atoms. The number of rotatable bonds is 6. The molecule has 0 radical (unpaired) electrons. The minimum atomic E-state index is -1.78. The van der Waals surface area contributed by atoms with Crippen LogP contribution in [0.5, 0.6) is 0 Å². The van der Waals surface area contributed by atoms with Gasteiger partial charge in [-0.25, -0.2) is 0 Å². The molecule has 2 unspecified atom stereocenters. The molecule has 29 heavy (non-hydrogen) atoms. The highest BCUT2D eigenvalue weighted by Gasteiger charge is 2.66. The van der Waals surface area contributed by atoms with Gasteiger partial charge in [0, 0.05) is 32.7 Å². The highest BCUT2D eigenvalue weighted by Crippen LogP contribution is 2.49. The van der Waals surface area contributed by atoms with E-state index in [9.17, 15) is 19.8 Å². The standard InChI is InChI=1S/C20H31N3O6/c1-14(25)29-19(16-6-3-4-7-17(16)26)9-5-11-28-20(19,13-24)18(27)21-12-15-8-10-22-23(15)2/h8,10,16-17,24,26H,3-7,9,11-13H2,1-2H3,(H,21,27)/t16-,17-,19?,20?/m0/s1. The molecular formula is C20H31N3O6. The summed E-state index contributed by atoms with van der Waals surface area (Å²) >= 11 is 0. The number of nitrogens with zero attached hydrogens (tertiary/aromatic N) is 2. The van der Waals surface area contributed by atoms with Crippen LogP contribution in [0.15, 0.2) is 12.3 Å². The maximum absolute atomic E-state index is 13.4. The van der Waals surface area contributed by atoms with E-state index in [0.717, 1.165) is 18.5 Å². The van der Waals surface area contributed by atoms with Crippen LogP contribution in [0, 0.1) is 5.92 Å². The summed E-state index contributed by atoms with van der Waals surface area (Å²) in [7, 11) is 1.77. The van der Waals surface area contributed by atoms with E-state index in [2.05, 4.69) is 10.4 Å². The Morgan fingerprint density at radius 3 is 2.76 bits per heavy atom. The fourth-order valence-electron chi connectivity index (χ4n) is 4.91. The van der Waals surface area contributed by atoms with Gasteiger partial charge in [0.25, 0.3) is 5.91 Å². The lowest BCUT2D eigenvalue weighted by Crippen LogP contribution is -2.73. The zero-order valence-corrected chi connectivity index (χ0v) is 17.1. The predicted octanol–water partition coefficient (Wildman–Crippen LogP) is 0.431. The first-order chi connectivity index (χ1) is 13.9. The van der Waals surface area contributed by atoms with Crippen LogP contribution in [-0.2, 0) is 32.7 Å². The average molecular weight is 409 g/mol. The number of aliphatic hydroxyl groups is 2. The van der Waals surface area contributed by atoms with Crippen molar-refractivity contribution in [2.24, 2.45) is 13.0 Å². The lowest BCUT2D eigenvalue weighted by atomic mass is 9.63. The van der Waals surface area contributed by atoms with Gasteiger partial charge >= 0.3 is 5.97 Å². The van der Waals surface area contributed by atoms with Gasteiger partial charge in [-0.15, -0.1) is 0 Å². The minimum Gasteiger partial charge on any atom is -0.455 e. The molecule has 9 nitrogen and oxygen atoms in total. The Bertz CT molecular complexity index is 738. The van der Waals surface area contributed by atoms with E-state index in [1.807, 2.05) is 0 Å². The second-order valence-corrected chi connectivity index (χ2v) is 8.01. The number of hydrogen-bond donors (Lipinski definition) is 3. The maximum Gasteiger partial charge on any atom is 0.303 e. The van der Waals surface area contributed by atoms with Gasteiger partial charge in [-0.3, -0.25) is 14.3 Å². The van der Waals surface area contributed by atoms with Gasteiger partial charge in [0.05, 0.1) is 24.9 Å². The summed E-state index contributed by atoms with van der Waals surface area (Å²) < 4.78 is 13.4. The smallest absolute Gasteiger partial charge is 0.303 e. The molecule has 1 aliphatic carbocycles. The lowest BCUT2D eigenvalue weighted by Gasteiger charge is -2.55. The normalized spacial score (nSPS) is 32.6. The van der Waals surface area contributed by atoms with Crippen LogP contribution < -0.4 is 5.32 Å². The summed E-state index contributed by atoms with van der Waals surface area (Å²) in [6, 6.07) is 1.78. The largest absolute Gasteiger partial charge is 0.455 e. The Morgan fingerprint density at radius 1 is 1.38 bits per heavy atom. The fourth-order valence-corrected chi connectivity index (χ4v) is 4.91. The molecule has 3 rings (SSSR count). The van der Waals surface area contributed by atoms with E-state index in [-0.39, 0.29) is 13.2 Å². The van der Waals surface area contributed by atoms with Crippen molar-refractivity contribution in [1.82, 2.24) is 15.1 Å². The molecule has 2 aliphatic rings. The van der Waals surface area contributed by atoms with Gasteiger partial charge in [-0.1, -0.05) is 12.8 Å². The number of nitrogens with one attached hydrogen (secondary N) is 1. The summed E-state index contributed by atoms with van der Waals surface area (Å²) in [6.45, 7) is 1.07. The maximum atomic E-state index is 13.4. The highest BCUT2D eigenvalue weighted by atomic mass is 16.6. The van der Waals surface area contributed by atoms with Crippen LogP contribution in [0.4, 0.5) is 0 Å². The topological polar surface area (TPSA) is 123 Å². The number of carbonyl (C=O) groups is 2. The third-order valence-corrected chi connectivity index (χ3v) is 6.32. The zero-order chi connectivity index (χ0) is 21.1. The van der Waals surface area contributed by atoms with E-state index in [4.69, 9.17) is 9.47 Å². The number of amides is 1. The molecule has 3 N–H and O–H groups in total. The molecule has 2 heterocycles. The van der Waals surface area contributed by atoms with Crippen molar-refractivity contribution >= 4 is 11.9 Å². The summed E-state index contributed by atoms with van der Waals surface area (Å²) in [5.74, 6) is -1.61. The van der Waals surface area contributed by atoms with Crippen LogP contribution in [0.1, 0.15) is 51.1 Å². The van der Waals surface area contributed by atoms with E-state index in [1.165, 1.54) is 6.92 Å². The molecule has 2 fully saturated rings. The number of carbonyl (C=O) groups excluding carboxylic acids is 2. The quantitative estimate of drug-likeness (QED) is 0.582. The van der Waals surface area contributed by atoms with Crippen molar-refractivity contribution in [2.75, 3.05) is 13.2 Å². The zero-order valence-electron chi connectivity index (χ0n) is 17.1. The van der Waals surface area contributed by atoms with Gasteiger partial charge in [-0.05, 0) is 31.7 Å². The van der Waals surface area contributed by atoms with Gasteiger partial charge in [0.15, 0.2) is 5.60 Å². The van der Waals surface area contributed by atoms with Crippen LogP contribution in [0.3, 0.4) is 0 Å². The number of aliphatic hydroxyl groups excluding tert-OH is 2. The molecule has 4 atom stereocenters. The molecule has 1 aliphatic heterocycles. The Morgan fingerprint density at radius 2 is 2.14 bits per heavy atom. The van der Waals surface area contributed by atoms with Gasteiger partial charge in [0.2, 0.25) is 5.60 Å². The van der Waals surface area contributed by atoms with Crippen LogP contribution in [0.25, 0.3) is 0 Å². The summed E-state index contributed by atoms with van der Waals surface area (Å²) in [6.07, 6.45) is 4.67. The van der Waals surface area contributed by atoms with Crippen molar-refractivity contribution in [1.29, 1.82) is 0 Å². The van der Waals surface area contributed by atoms with Crippen LogP contribution in [-0.4, -0.2) is 62.4 Å². The molecule has 1 saturated heterocycles. The van der Waals surface area contributed by atoms with Crippen molar-refractivity contribution in [3.8, 4) is 0 Å². The van der Waals surface area contributed by atoms with E-state index in [1.54, 1.807) is 24.0 Å². The molecule has 1 aromatic rings. The van der Waals surface area contributed by atoms with Gasteiger partial charge in [0.1, 0.15) is 0 Å². The molecule has 162 valence electrons. The number of aromatic nitrogens is 2. The molecule has 1 aromatic heterocycles. The Balaban J connectivity index is 1.97. The molecule has 0 aromatic carbocycles. The molecular weight excluding hydrogens is 378 g/mol. The van der Waals surface area contributed by atoms with Crippen molar-refractivity contribution in [2.45, 2.75) is 69.3 Å². The highest BCUT2D eigenvalue weighted by molar-refractivity contribution is 5.88. The Kier molecular flexibility index (Phi) is 6.60. The van der Waals surface area contributed by atoms with E-state index < -0.39 is 41.7 Å². The van der Waals surface area contributed by atoms with E-state index in [0.29, 0.717) is 25.7 Å². The number of hydrogen-bond acceptors (Lipinski definition) is 7. The third kappa shape index (κ3) is 3.91. The second kappa shape index (κ2) is 8.81. The summed E-state index contributed by atoms with van der Waals surface area (Å²) in [5.41, 5.74) is -2.43. The van der Waals surface area contributed by atoms with Crippen molar-refractivity contribution < 1.29 is 29.3 Å². The average Bonchev–Trinajstić information content (AvgIpc) is 3.11. The number of aryl methyl sites for hydroxylation is 1. The van der Waals surface area contributed by atoms with Gasteiger partial charge < -0.3 is 25.0 Å². The van der Waals surface area contributed by atoms with Crippen molar-refractivity contribution in [3.05, 3.63) is 18.0 Å². The molecule has 1 saturated carbocycles. The Labute approximate surface area is 170 Å². The molecule has 1 amide bonds. The predicted molar refractivity (Wildman–Crippen MR) is 103 cm³/mol. The number of esters is 1. The lowest BCUT2D eigenvalue weighted by molar-refractivity contribution is -0.265.